The molecule has 2 aliphatic rings. The van der Waals surface area contributed by atoms with Crippen LogP contribution in [0.2, 0.25) is 18.1 Å². The second-order valence-electron chi connectivity index (χ2n) is 10.1. The van der Waals surface area contributed by atoms with Gasteiger partial charge in [-0.05, 0) is 45.0 Å². The van der Waals surface area contributed by atoms with Gasteiger partial charge in [0.25, 0.3) is 0 Å². The Labute approximate surface area is 173 Å². The van der Waals surface area contributed by atoms with E-state index < -0.39 is 14.1 Å². The van der Waals surface area contributed by atoms with Crippen LogP contribution in [0, 0.1) is 6.92 Å². The average Bonchev–Trinajstić information content (AvgIpc) is 3.24. The third kappa shape index (κ3) is 3.65. The molecule has 2 aromatic rings. The van der Waals surface area contributed by atoms with Crippen molar-refractivity contribution in [2.75, 3.05) is 6.61 Å². The van der Waals surface area contributed by atoms with Gasteiger partial charge in [0.05, 0.1) is 12.3 Å². The molecule has 0 spiro atoms. The van der Waals surface area contributed by atoms with Crippen LogP contribution in [0.25, 0.3) is 11.0 Å². The van der Waals surface area contributed by atoms with Gasteiger partial charge in [-0.3, -0.25) is 0 Å². The van der Waals surface area contributed by atoms with E-state index in [1.165, 1.54) is 0 Å². The van der Waals surface area contributed by atoms with Gasteiger partial charge in [0.1, 0.15) is 30.3 Å². The van der Waals surface area contributed by atoms with E-state index in [2.05, 4.69) is 43.8 Å². The standard InChI is InChI=1S/C21H33N3O4Si/c1-13-14-9-10-24(18(14)23-12-22-13)19-17-16(27-21(5,6)28-17)15(26-19)11-25-29(7,8)20(2,3)4/h9-10,12,15-17,19H,11H2,1-8H3/t15-,16-,17-,19-/m1/s1. The van der Waals surface area contributed by atoms with Gasteiger partial charge in [0.2, 0.25) is 0 Å². The van der Waals surface area contributed by atoms with Crippen molar-refractivity contribution in [2.24, 2.45) is 0 Å². The fourth-order valence-corrected chi connectivity index (χ4v) is 4.84. The Morgan fingerprint density at radius 3 is 2.55 bits per heavy atom. The molecule has 160 valence electrons. The fraction of sp³-hybridized carbons (Fsp3) is 0.714. The van der Waals surface area contributed by atoms with E-state index in [0.29, 0.717) is 6.61 Å². The maximum atomic E-state index is 6.47. The molecule has 8 heteroatoms. The molecule has 0 bridgehead atoms. The monoisotopic (exact) mass is 419 g/mol. The first-order valence-corrected chi connectivity index (χ1v) is 13.2. The first-order chi connectivity index (χ1) is 13.4. The minimum Gasteiger partial charge on any atom is -0.414 e. The lowest BCUT2D eigenvalue weighted by Crippen LogP contribution is -2.44. The highest BCUT2D eigenvalue weighted by Gasteiger charge is 2.56. The highest BCUT2D eigenvalue weighted by Crippen LogP contribution is 2.45. The molecule has 7 nitrogen and oxygen atoms in total. The third-order valence-corrected chi connectivity index (χ3v) is 11.0. The Morgan fingerprint density at radius 2 is 1.86 bits per heavy atom. The van der Waals surface area contributed by atoms with Crippen LogP contribution < -0.4 is 0 Å². The molecule has 0 aliphatic carbocycles. The Balaban J connectivity index is 1.62. The van der Waals surface area contributed by atoms with Crippen LogP contribution in [0.4, 0.5) is 0 Å². The summed E-state index contributed by atoms with van der Waals surface area (Å²) in [5.74, 6) is -0.652. The van der Waals surface area contributed by atoms with Gasteiger partial charge in [0.15, 0.2) is 20.3 Å². The van der Waals surface area contributed by atoms with Gasteiger partial charge in [-0.1, -0.05) is 20.8 Å². The van der Waals surface area contributed by atoms with Crippen molar-refractivity contribution in [1.29, 1.82) is 0 Å². The number of fused-ring (bicyclic) bond motifs is 2. The summed E-state index contributed by atoms with van der Waals surface area (Å²) in [5.41, 5.74) is 1.80. The molecular weight excluding hydrogens is 386 g/mol. The van der Waals surface area contributed by atoms with Gasteiger partial charge >= 0.3 is 0 Å². The van der Waals surface area contributed by atoms with E-state index >= 15 is 0 Å². The van der Waals surface area contributed by atoms with Gasteiger partial charge in [-0.15, -0.1) is 0 Å². The number of ether oxygens (including phenoxy) is 3. The molecule has 0 amide bonds. The van der Waals surface area contributed by atoms with Crippen LogP contribution in [0.3, 0.4) is 0 Å². The predicted molar refractivity (Wildman–Crippen MR) is 113 cm³/mol. The summed E-state index contributed by atoms with van der Waals surface area (Å²) >= 11 is 0. The van der Waals surface area contributed by atoms with Crippen molar-refractivity contribution < 1.29 is 18.6 Å². The summed E-state index contributed by atoms with van der Waals surface area (Å²) in [7, 11) is -1.90. The van der Waals surface area contributed by atoms with E-state index in [1.54, 1.807) is 6.33 Å². The van der Waals surface area contributed by atoms with Crippen LogP contribution in [0.15, 0.2) is 18.6 Å². The van der Waals surface area contributed by atoms with Crippen molar-refractivity contribution in [3.63, 3.8) is 0 Å². The number of aromatic nitrogens is 3. The lowest BCUT2D eigenvalue weighted by atomic mass is 10.1. The zero-order valence-electron chi connectivity index (χ0n) is 18.7. The van der Waals surface area contributed by atoms with Crippen molar-refractivity contribution in [1.82, 2.24) is 14.5 Å². The SMILES string of the molecule is Cc1ncnc2c1ccn2[C@@H]1O[C@H](CO[Si](C)(C)C(C)(C)C)[C@H]2OC(C)(C)O[C@H]21. The second-order valence-corrected chi connectivity index (χ2v) is 14.9. The Hall–Kier alpha value is -1.32. The fourth-order valence-electron chi connectivity index (χ4n) is 3.83. The number of rotatable bonds is 4. The summed E-state index contributed by atoms with van der Waals surface area (Å²) in [6.07, 6.45) is 2.68. The van der Waals surface area contributed by atoms with Gasteiger partial charge in [0, 0.05) is 11.6 Å². The molecule has 0 unspecified atom stereocenters. The lowest BCUT2D eigenvalue weighted by Gasteiger charge is -2.37. The molecule has 4 heterocycles. The Morgan fingerprint density at radius 1 is 1.17 bits per heavy atom. The average molecular weight is 420 g/mol. The summed E-state index contributed by atoms with van der Waals surface area (Å²) in [4.78, 5) is 8.79. The summed E-state index contributed by atoms with van der Waals surface area (Å²) < 4.78 is 27.5. The first kappa shape index (κ1) is 20.9. The molecule has 2 fully saturated rings. The molecular formula is C21H33N3O4Si. The zero-order chi connectivity index (χ0) is 21.2. The number of nitrogens with zero attached hydrogens (tertiary/aromatic N) is 3. The zero-order valence-corrected chi connectivity index (χ0v) is 19.7. The molecule has 2 saturated heterocycles. The van der Waals surface area contributed by atoms with Crippen molar-refractivity contribution >= 4 is 19.4 Å². The van der Waals surface area contributed by atoms with Crippen molar-refractivity contribution in [2.45, 2.75) is 90.0 Å². The minimum atomic E-state index is -1.90. The van der Waals surface area contributed by atoms with Crippen LogP contribution >= 0.6 is 0 Å². The number of aryl methyl sites for hydroxylation is 1. The quantitative estimate of drug-likeness (QED) is 0.693. The predicted octanol–water partition coefficient (Wildman–Crippen LogP) is 4.18. The maximum Gasteiger partial charge on any atom is 0.192 e. The first-order valence-electron chi connectivity index (χ1n) is 10.3. The minimum absolute atomic E-state index is 0.141. The number of hydrogen-bond donors (Lipinski definition) is 0. The van der Waals surface area contributed by atoms with E-state index in [-0.39, 0.29) is 29.6 Å². The smallest absolute Gasteiger partial charge is 0.192 e. The molecule has 0 radical (unpaired) electrons. The molecule has 0 aromatic carbocycles. The molecule has 29 heavy (non-hydrogen) atoms. The highest BCUT2D eigenvalue weighted by atomic mass is 28.4. The highest BCUT2D eigenvalue weighted by molar-refractivity contribution is 6.74. The van der Waals surface area contributed by atoms with E-state index in [4.69, 9.17) is 18.6 Å². The topological polar surface area (TPSA) is 67.6 Å². The number of hydrogen-bond acceptors (Lipinski definition) is 6. The van der Waals surface area contributed by atoms with Crippen LogP contribution in [0.1, 0.15) is 46.5 Å². The Bertz CT molecular complexity index is 905. The Kier molecular flexibility index (Phi) is 4.94. The van der Waals surface area contributed by atoms with Crippen molar-refractivity contribution in [3.8, 4) is 0 Å². The van der Waals surface area contributed by atoms with Crippen LogP contribution in [-0.2, 0) is 18.6 Å². The van der Waals surface area contributed by atoms with E-state index in [1.807, 2.05) is 37.6 Å². The van der Waals surface area contributed by atoms with E-state index in [9.17, 15) is 0 Å². The van der Waals surface area contributed by atoms with Gasteiger partial charge in [-0.2, -0.15) is 0 Å². The molecule has 0 saturated carbocycles. The van der Waals surface area contributed by atoms with Crippen molar-refractivity contribution in [3.05, 3.63) is 24.3 Å². The molecule has 2 aromatic heterocycles. The summed E-state index contributed by atoms with van der Waals surface area (Å²) in [5, 5.41) is 1.16. The van der Waals surface area contributed by atoms with Crippen LogP contribution in [-0.4, -0.2) is 53.6 Å². The van der Waals surface area contributed by atoms with Gasteiger partial charge in [-0.25, -0.2) is 9.97 Å². The molecule has 0 N–H and O–H groups in total. The largest absolute Gasteiger partial charge is 0.414 e. The van der Waals surface area contributed by atoms with Gasteiger partial charge < -0.3 is 23.2 Å². The maximum absolute atomic E-state index is 6.47. The second kappa shape index (κ2) is 6.85. The summed E-state index contributed by atoms with van der Waals surface area (Å²) in [6, 6.07) is 2.03. The lowest BCUT2D eigenvalue weighted by molar-refractivity contribution is -0.199. The molecule has 2 aliphatic heterocycles. The van der Waals surface area contributed by atoms with Crippen LogP contribution in [0.5, 0.6) is 0 Å². The normalized spacial score (nSPS) is 29.5. The van der Waals surface area contributed by atoms with E-state index in [0.717, 1.165) is 16.7 Å². The third-order valence-electron chi connectivity index (χ3n) is 6.52. The summed E-state index contributed by atoms with van der Waals surface area (Å²) in [6.45, 7) is 17.6. The molecule has 4 rings (SSSR count). The molecule has 4 atom stereocenters.